The third-order valence-corrected chi connectivity index (χ3v) is 5.49. The number of anilines is 1. The lowest BCUT2D eigenvalue weighted by Crippen LogP contribution is -2.44. The zero-order chi connectivity index (χ0) is 15.9. The van der Waals surface area contributed by atoms with Crippen molar-refractivity contribution in [1.29, 1.82) is 0 Å². The average molecular weight is 312 g/mol. The predicted molar refractivity (Wildman–Crippen MR) is 90.5 cm³/mol. The Balaban J connectivity index is 1.45. The molecule has 0 saturated carbocycles. The van der Waals surface area contributed by atoms with E-state index >= 15 is 0 Å². The maximum Gasteiger partial charge on any atom is 0.129 e. The molecule has 0 amide bonds. The fourth-order valence-electron chi connectivity index (χ4n) is 4.26. The maximum absolute atomic E-state index is 9.10. The molecule has 4 nitrogen and oxygen atoms in total. The van der Waals surface area contributed by atoms with Gasteiger partial charge in [0.2, 0.25) is 0 Å². The summed E-state index contributed by atoms with van der Waals surface area (Å²) in [7, 11) is 2.21. The van der Waals surface area contributed by atoms with Crippen LogP contribution in [0.4, 0.5) is 5.69 Å². The van der Waals surface area contributed by atoms with Crippen LogP contribution in [-0.4, -0.2) is 36.7 Å². The number of piperidine rings is 1. The number of benzene rings is 1. The molecular formula is C19H24N2O2. The number of hydrogen-bond donors (Lipinski definition) is 1. The smallest absolute Gasteiger partial charge is 0.129 e. The zero-order valence-corrected chi connectivity index (χ0v) is 13.7. The van der Waals surface area contributed by atoms with Gasteiger partial charge >= 0.3 is 0 Å². The summed E-state index contributed by atoms with van der Waals surface area (Å²) < 4.78 is 5.63. The summed E-state index contributed by atoms with van der Waals surface area (Å²) in [6.07, 6.45) is 2.39. The van der Waals surface area contributed by atoms with Crippen molar-refractivity contribution in [1.82, 2.24) is 4.90 Å². The van der Waals surface area contributed by atoms with Crippen molar-refractivity contribution in [2.45, 2.75) is 31.4 Å². The lowest BCUT2D eigenvalue weighted by Gasteiger charge is -2.39. The number of likely N-dealkylation sites (N-methyl/N-ethyl adjacent to an activating group) is 1. The Kier molecular flexibility index (Phi) is 3.66. The highest BCUT2D eigenvalue weighted by Gasteiger charge is 2.43. The van der Waals surface area contributed by atoms with Gasteiger partial charge in [-0.05, 0) is 49.7 Å². The number of furan rings is 1. The molecule has 1 aromatic heterocycles. The van der Waals surface area contributed by atoms with Gasteiger partial charge in [-0.3, -0.25) is 4.90 Å². The third kappa shape index (κ3) is 2.56. The predicted octanol–water partition coefficient (Wildman–Crippen LogP) is 2.76. The molecule has 0 bridgehead atoms. The summed E-state index contributed by atoms with van der Waals surface area (Å²) in [4.78, 5) is 4.87. The first-order valence-corrected chi connectivity index (χ1v) is 8.42. The van der Waals surface area contributed by atoms with Crippen molar-refractivity contribution >= 4 is 5.69 Å². The number of likely N-dealkylation sites (tertiary alicyclic amines) is 1. The lowest BCUT2D eigenvalue weighted by molar-refractivity contribution is 0.148. The monoisotopic (exact) mass is 312 g/mol. The van der Waals surface area contributed by atoms with Gasteiger partial charge in [-0.2, -0.15) is 0 Å². The van der Waals surface area contributed by atoms with Gasteiger partial charge in [-0.25, -0.2) is 0 Å². The fourth-order valence-corrected chi connectivity index (χ4v) is 4.26. The summed E-state index contributed by atoms with van der Waals surface area (Å²) in [6, 6.07) is 12.7. The van der Waals surface area contributed by atoms with E-state index in [-0.39, 0.29) is 6.61 Å². The van der Waals surface area contributed by atoms with E-state index in [9.17, 15) is 0 Å². The number of hydrogen-bond acceptors (Lipinski definition) is 4. The first-order valence-electron chi connectivity index (χ1n) is 8.42. The summed E-state index contributed by atoms with van der Waals surface area (Å²) in [6.45, 7) is 4.14. The molecule has 0 unspecified atom stereocenters. The minimum Gasteiger partial charge on any atom is -0.462 e. The first kappa shape index (κ1) is 14.8. The van der Waals surface area contributed by atoms with Gasteiger partial charge in [0.1, 0.15) is 18.1 Å². The van der Waals surface area contributed by atoms with E-state index in [0.717, 1.165) is 31.9 Å². The van der Waals surface area contributed by atoms with E-state index in [1.54, 1.807) is 0 Å². The van der Waals surface area contributed by atoms with Crippen LogP contribution in [0.2, 0.25) is 0 Å². The van der Waals surface area contributed by atoms with Gasteiger partial charge in [-0.15, -0.1) is 0 Å². The van der Waals surface area contributed by atoms with E-state index in [2.05, 4.69) is 41.1 Å². The van der Waals surface area contributed by atoms with Gasteiger partial charge in [0.25, 0.3) is 0 Å². The Labute approximate surface area is 137 Å². The van der Waals surface area contributed by atoms with E-state index in [0.29, 0.717) is 11.2 Å². The molecule has 4 heteroatoms. The summed E-state index contributed by atoms with van der Waals surface area (Å²) in [5, 5.41) is 9.10. The van der Waals surface area contributed by atoms with Gasteiger partial charge < -0.3 is 14.4 Å². The summed E-state index contributed by atoms with van der Waals surface area (Å²) >= 11 is 0. The number of rotatable bonds is 3. The second-order valence-corrected chi connectivity index (χ2v) is 6.96. The minimum atomic E-state index is -0.0216. The number of nitrogens with zero attached hydrogens (tertiary/aromatic N) is 2. The van der Waals surface area contributed by atoms with Crippen molar-refractivity contribution in [2.75, 3.05) is 31.6 Å². The Morgan fingerprint density at radius 3 is 2.57 bits per heavy atom. The van der Waals surface area contributed by atoms with Crippen LogP contribution in [-0.2, 0) is 18.6 Å². The van der Waals surface area contributed by atoms with Crippen molar-refractivity contribution in [3.05, 3.63) is 53.5 Å². The lowest BCUT2D eigenvalue weighted by atomic mass is 9.74. The number of aliphatic hydroxyl groups excluding tert-OH is 1. The number of aliphatic hydroxyl groups is 1. The highest BCUT2D eigenvalue weighted by atomic mass is 16.4. The molecule has 1 N–H and O–H groups in total. The third-order valence-electron chi connectivity index (χ3n) is 5.49. The van der Waals surface area contributed by atoms with Crippen molar-refractivity contribution in [2.24, 2.45) is 0 Å². The summed E-state index contributed by atoms with van der Waals surface area (Å²) in [5.41, 5.74) is 3.25. The van der Waals surface area contributed by atoms with Gasteiger partial charge in [0.05, 0.1) is 6.54 Å². The Hall–Kier alpha value is -1.78. The zero-order valence-electron chi connectivity index (χ0n) is 13.7. The molecule has 0 aliphatic carbocycles. The van der Waals surface area contributed by atoms with E-state index < -0.39 is 0 Å². The largest absolute Gasteiger partial charge is 0.462 e. The number of fused-ring (bicyclic) bond motifs is 2. The Morgan fingerprint density at radius 1 is 1.09 bits per heavy atom. The van der Waals surface area contributed by atoms with Crippen molar-refractivity contribution in [3.63, 3.8) is 0 Å². The van der Waals surface area contributed by atoms with Crippen LogP contribution in [0, 0.1) is 0 Å². The fraction of sp³-hybridized carbons (Fsp3) is 0.474. The molecule has 1 fully saturated rings. The molecule has 0 atom stereocenters. The molecule has 1 spiro atoms. The molecule has 1 aromatic carbocycles. The highest BCUT2D eigenvalue weighted by Crippen LogP contribution is 2.46. The van der Waals surface area contributed by atoms with Crippen LogP contribution in [0.5, 0.6) is 0 Å². The topological polar surface area (TPSA) is 39.9 Å². The van der Waals surface area contributed by atoms with Gasteiger partial charge in [-0.1, -0.05) is 18.2 Å². The molecule has 2 aliphatic rings. The molecule has 122 valence electrons. The SMILES string of the molecule is CN1CC2(CCN(Cc3ccc(CO)o3)CC2)c2ccccc21. The molecule has 2 aliphatic heterocycles. The van der Waals surface area contributed by atoms with Gasteiger partial charge in [0.15, 0.2) is 0 Å². The molecule has 23 heavy (non-hydrogen) atoms. The van der Waals surface area contributed by atoms with Crippen molar-refractivity contribution < 1.29 is 9.52 Å². The van der Waals surface area contributed by atoms with Crippen LogP contribution >= 0.6 is 0 Å². The van der Waals surface area contributed by atoms with Crippen LogP contribution in [0.3, 0.4) is 0 Å². The minimum absolute atomic E-state index is 0.0216. The second-order valence-electron chi connectivity index (χ2n) is 6.96. The van der Waals surface area contributed by atoms with E-state index in [1.165, 1.54) is 24.1 Å². The van der Waals surface area contributed by atoms with Gasteiger partial charge in [0, 0.05) is 24.7 Å². The van der Waals surface area contributed by atoms with E-state index in [4.69, 9.17) is 9.52 Å². The highest BCUT2D eigenvalue weighted by molar-refractivity contribution is 5.62. The molecule has 3 heterocycles. The Bertz CT molecular complexity index is 686. The maximum atomic E-state index is 9.10. The molecule has 0 radical (unpaired) electrons. The first-order chi connectivity index (χ1) is 11.2. The Morgan fingerprint density at radius 2 is 1.83 bits per heavy atom. The van der Waals surface area contributed by atoms with Crippen LogP contribution < -0.4 is 4.90 Å². The van der Waals surface area contributed by atoms with Crippen molar-refractivity contribution in [3.8, 4) is 0 Å². The second kappa shape index (κ2) is 5.69. The average Bonchev–Trinajstić information content (AvgIpc) is 3.14. The molecular weight excluding hydrogens is 288 g/mol. The van der Waals surface area contributed by atoms with Crippen LogP contribution in [0.25, 0.3) is 0 Å². The molecule has 1 saturated heterocycles. The van der Waals surface area contributed by atoms with Crippen LogP contribution in [0.1, 0.15) is 29.9 Å². The number of para-hydroxylation sites is 1. The van der Waals surface area contributed by atoms with Crippen LogP contribution in [0.15, 0.2) is 40.8 Å². The normalized spacial score (nSPS) is 20.2. The summed E-state index contributed by atoms with van der Waals surface area (Å²) in [5.74, 6) is 1.61. The van der Waals surface area contributed by atoms with E-state index in [1.807, 2.05) is 12.1 Å². The molecule has 4 rings (SSSR count). The standard InChI is InChI=1S/C19H24N2O2/c1-20-14-19(17-4-2-3-5-18(17)20)8-10-21(11-9-19)12-15-6-7-16(13-22)23-15/h2-7,22H,8-14H2,1H3. The molecule has 2 aromatic rings. The quantitative estimate of drug-likeness (QED) is 0.946.